The van der Waals surface area contributed by atoms with Crippen LogP contribution in [0.4, 0.5) is 0 Å². The normalized spacial score (nSPS) is 23.4. The first-order valence-electron chi connectivity index (χ1n) is 7.55. The maximum absolute atomic E-state index is 12.8. The molecule has 0 spiro atoms. The van der Waals surface area contributed by atoms with Gasteiger partial charge in [-0.3, -0.25) is 0 Å². The molecule has 0 amide bonds. The van der Waals surface area contributed by atoms with Crippen LogP contribution in [0.3, 0.4) is 0 Å². The van der Waals surface area contributed by atoms with Gasteiger partial charge in [-0.1, -0.05) is 35.9 Å². The van der Waals surface area contributed by atoms with Crippen molar-refractivity contribution in [2.45, 2.75) is 29.0 Å². The smallest absolute Gasteiger partial charge is 0.193 e. The monoisotopic (exact) mass is 385 g/mol. The second kappa shape index (κ2) is 6.59. The van der Waals surface area contributed by atoms with Crippen molar-refractivity contribution in [2.24, 2.45) is 0 Å². The lowest BCUT2D eigenvalue weighted by Crippen LogP contribution is -2.42. The molecule has 8 heteroatoms. The molecule has 1 N–H and O–H groups in total. The Hall–Kier alpha value is -1.22. The Morgan fingerprint density at radius 1 is 1.17 bits per heavy atom. The summed E-state index contributed by atoms with van der Waals surface area (Å²) < 4.78 is 49.8. The van der Waals surface area contributed by atoms with Crippen LogP contribution in [0.2, 0.25) is 0 Å². The number of benzene rings is 1. The molecule has 1 aliphatic rings. The van der Waals surface area contributed by atoms with Crippen molar-refractivity contribution < 1.29 is 16.8 Å². The Kier molecular flexibility index (Phi) is 4.83. The molecular weight excluding hydrogens is 366 g/mol. The minimum atomic E-state index is -3.65. The standard InChI is InChI=1S/C16H19NO4S3/c1-12-4-6-13(7-5-12)9-17-14-10-23(18,19)11-15(14)24(20,21)16-3-2-8-22-16/h2-8,14-15,17H,9-11H2,1H3/t14-,15-/m1/s1. The van der Waals surface area contributed by atoms with E-state index in [1.807, 2.05) is 31.2 Å². The Labute approximate surface area is 146 Å². The van der Waals surface area contributed by atoms with Crippen LogP contribution >= 0.6 is 11.3 Å². The van der Waals surface area contributed by atoms with Gasteiger partial charge in [-0.15, -0.1) is 11.3 Å². The van der Waals surface area contributed by atoms with E-state index in [4.69, 9.17) is 0 Å². The molecule has 5 nitrogen and oxygen atoms in total. The molecule has 24 heavy (non-hydrogen) atoms. The summed E-state index contributed by atoms with van der Waals surface area (Å²) in [6.07, 6.45) is 0. The molecule has 3 rings (SSSR count). The molecule has 0 unspecified atom stereocenters. The molecule has 1 fully saturated rings. The van der Waals surface area contributed by atoms with Crippen LogP contribution in [0.15, 0.2) is 46.0 Å². The quantitative estimate of drug-likeness (QED) is 0.849. The van der Waals surface area contributed by atoms with E-state index in [0.717, 1.165) is 22.5 Å². The second-order valence-corrected chi connectivity index (χ2v) is 11.6. The Morgan fingerprint density at radius 2 is 1.88 bits per heavy atom. The molecule has 130 valence electrons. The minimum Gasteiger partial charge on any atom is -0.308 e. The largest absolute Gasteiger partial charge is 0.308 e. The van der Waals surface area contributed by atoms with Crippen LogP contribution in [-0.4, -0.2) is 39.6 Å². The lowest BCUT2D eigenvalue weighted by Gasteiger charge is -2.19. The highest BCUT2D eigenvalue weighted by molar-refractivity contribution is 7.97. The lowest BCUT2D eigenvalue weighted by molar-refractivity contribution is 0.527. The van der Waals surface area contributed by atoms with Crippen LogP contribution in [0.1, 0.15) is 11.1 Å². The third-order valence-corrected chi connectivity index (χ3v) is 9.74. The molecule has 2 heterocycles. The average molecular weight is 386 g/mol. The van der Waals surface area contributed by atoms with Crippen molar-refractivity contribution in [3.63, 3.8) is 0 Å². The summed E-state index contributed by atoms with van der Waals surface area (Å²) in [7, 11) is -7.02. The number of aryl methyl sites for hydroxylation is 1. The van der Waals surface area contributed by atoms with Crippen LogP contribution < -0.4 is 5.32 Å². The number of hydrogen-bond donors (Lipinski definition) is 1. The molecule has 1 aliphatic heterocycles. The van der Waals surface area contributed by atoms with Crippen molar-refractivity contribution in [1.82, 2.24) is 5.32 Å². The fourth-order valence-electron chi connectivity index (χ4n) is 2.84. The first kappa shape index (κ1) is 17.6. The van der Waals surface area contributed by atoms with E-state index >= 15 is 0 Å². The minimum absolute atomic E-state index is 0.145. The molecule has 0 radical (unpaired) electrons. The number of nitrogens with one attached hydrogen (secondary N) is 1. The molecular formula is C16H19NO4S3. The van der Waals surface area contributed by atoms with Crippen molar-refractivity contribution in [3.8, 4) is 0 Å². The van der Waals surface area contributed by atoms with Gasteiger partial charge in [0.15, 0.2) is 19.7 Å². The van der Waals surface area contributed by atoms with Crippen molar-refractivity contribution in [2.75, 3.05) is 11.5 Å². The summed E-state index contributed by atoms with van der Waals surface area (Å²) in [5.41, 5.74) is 2.14. The van der Waals surface area contributed by atoms with E-state index in [0.29, 0.717) is 6.54 Å². The van der Waals surface area contributed by atoms with Crippen LogP contribution in [0.25, 0.3) is 0 Å². The molecule has 0 bridgehead atoms. The maximum atomic E-state index is 12.8. The van der Waals surface area contributed by atoms with E-state index in [-0.39, 0.29) is 15.7 Å². The highest BCUT2D eigenvalue weighted by Gasteiger charge is 2.45. The van der Waals surface area contributed by atoms with Gasteiger partial charge in [-0.2, -0.15) is 0 Å². The first-order chi connectivity index (χ1) is 11.3. The van der Waals surface area contributed by atoms with E-state index in [2.05, 4.69) is 5.32 Å². The van der Waals surface area contributed by atoms with Gasteiger partial charge < -0.3 is 5.32 Å². The topological polar surface area (TPSA) is 80.3 Å². The molecule has 1 aromatic carbocycles. The molecule has 1 aromatic heterocycles. The number of thiophene rings is 1. The Morgan fingerprint density at radius 3 is 2.50 bits per heavy atom. The fraction of sp³-hybridized carbons (Fsp3) is 0.375. The molecule has 2 atom stereocenters. The van der Waals surface area contributed by atoms with Gasteiger partial charge in [0.1, 0.15) is 4.21 Å². The van der Waals surface area contributed by atoms with Crippen molar-refractivity contribution >= 4 is 31.0 Å². The zero-order valence-electron chi connectivity index (χ0n) is 13.2. The zero-order chi connectivity index (χ0) is 17.4. The van der Waals surface area contributed by atoms with E-state index < -0.39 is 31.0 Å². The second-order valence-electron chi connectivity index (χ2n) is 6.07. The van der Waals surface area contributed by atoms with Gasteiger partial charge in [0.25, 0.3) is 0 Å². The van der Waals surface area contributed by atoms with Crippen LogP contribution in [-0.2, 0) is 26.2 Å². The predicted octanol–water partition coefficient (Wildman–Crippen LogP) is 1.79. The fourth-order valence-corrected chi connectivity index (χ4v) is 8.78. The molecule has 1 saturated heterocycles. The van der Waals surface area contributed by atoms with E-state index in [9.17, 15) is 16.8 Å². The summed E-state index contributed by atoms with van der Waals surface area (Å²) >= 11 is 1.12. The number of sulfone groups is 2. The highest BCUT2D eigenvalue weighted by Crippen LogP contribution is 2.28. The number of hydrogen-bond acceptors (Lipinski definition) is 6. The zero-order valence-corrected chi connectivity index (χ0v) is 15.6. The van der Waals surface area contributed by atoms with Crippen molar-refractivity contribution in [1.29, 1.82) is 0 Å². The summed E-state index contributed by atoms with van der Waals surface area (Å²) in [5.74, 6) is -0.465. The third kappa shape index (κ3) is 3.72. The Balaban J connectivity index is 1.81. The first-order valence-corrected chi connectivity index (χ1v) is 11.8. The average Bonchev–Trinajstić information content (AvgIpc) is 3.15. The summed E-state index contributed by atoms with van der Waals surface area (Å²) in [6.45, 7) is 2.43. The molecule has 0 saturated carbocycles. The lowest BCUT2D eigenvalue weighted by atomic mass is 10.1. The summed E-state index contributed by atoms with van der Waals surface area (Å²) in [4.78, 5) is 0. The van der Waals surface area contributed by atoms with E-state index in [1.54, 1.807) is 11.4 Å². The van der Waals surface area contributed by atoms with Crippen LogP contribution in [0.5, 0.6) is 0 Å². The molecule has 2 aromatic rings. The van der Waals surface area contributed by atoms with Crippen LogP contribution in [0, 0.1) is 6.92 Å². The highest BCUT2D eigenvalue weighted by atomic mass is 32.2. The maximum Gasteiger partial charge on any atom is 0.193 e. The summed E-state index contributed by atoms with van der Waals surface area (Å²) in [6, 6.07) is 10.5. The molecule has 0 aliphatic carbocycles. The van der Waals surface area contributed by atoms with Gasteiger partial charge in [-0.05, 0) is 23.9 Å². The number of rotatable bonds is 5. The predicted molar refractivity (Wildman–Crippen MR) is 95.8 cm³/mol. The van der Waals surface area contributed by atoms with Gasteiger partial charge in [-0.25, -0.2) is 16.8 Å². The third-order valence-electron chi connectivity index (χ3n) is 4.16. The van der Waals surface area contributed by atoms with Gasteiger partial charge in [0.2, 0.25) is 0 Å². The summed E-state index contributed by atoms with van der Waals surface area (Å²) in [5, 5.41) is 3.88. The van der Waals surface area contributed by atoms with Gasteiger partial charge in [0.05, 0.1) is 16.8 Å². The van der Waals surface area contributed by atoms with E-state index in [1.165, 1.54) is 6.07 Å². The van der Waals surface area contributed by atoms with Gasteiger partial charge in [0, 0.05) is 12.6 Å². The Bertz CT molecular complexity index is 901. The van der Waals surface area contributed by atoms with Gasteiger partial charge >= 0.3 is 0 Å². The SMILES string of the molecule is Cc1ccc(CN[C@@H]2CS(=O)(=O)C[C@H]2S(=O)(=O)c2cccs2)cc1. The van der Waals surface area contributed by atoms with Crippen molar-refractivity contribution in [3.05, 3.63) is 52.9 Å².